The van der Waals surface area contributed by atoms with Gasteiger partial charge >= 0.3 is 0 Å². The van der Waals surface area contributed by atoms with Gasteiger partial charge in [0, 0.05) is 25.3 Å². The third-order valence-electron chi connectivity index (χ3n) is 2.65. The molecule has 0 radical (unpaired) electrons. The summed E-state index contributed by atoms with van der Waals surface area (Å²) in [6.07, 6.45) is -1.46. The molecule has 6 heteroatoms. The number of β-amino-alcohol motifs (C(OH)–C–C–N with tert-alkyl or cyclic N) is 2. The molecule has 1 aromatic rings. The number of anilines is 1. The highest BCUT2D eigenvalue weighted by molar-refractivity contribution is 5.35. The number of aliphatic hydroxyl groups is 2. The Kier molecular flexibility index (Phi) is 3.04. The maximum Gasteiger partial charge on any atom is 0.226 e. The third kappa shape index (κ3) is 2.13. The van der Waals surface area contributed by atoms with Gasteiger partial charge < -0.3 is 20.8 Å². The average Bonchev–Trinajstić information content (AvgIpc) is 2.58. The first kappa shape index (κ1) is 11.3. The lowest BCUT2D eigenvalue weighted by Crippen LogP contribution is -2.24. The highest BCUT2D eigenvalue weighted by Crippen LogP contribution is 2.17. The largest absolute Gasteiger partial charge is 0.388 e. The van der Waals surface area contributed by atoms with Crippen LogP contribution in [0.1, 0.15) is 11.4 Å². The Hall–Kier alpha value is -1.24. The molecule has 0 aliphatic carbocycles. The van der Waals surface area contributed by atoms with Crippen molar-refractivity contribution in [2.24, 2.45) is 5.73 Å². The van der Waals surface area contributed by atoms with E-state index in [0.717, 1.165) is 11.4 Å². The number of hydrogen-bond donors (Lipinski definition) is 3. The van der Waals surface area contributed by atoms with Gasteiger partial charge in [0.05, 0.1) is 17.9 Å². The van der Waals surface area contributed by atoms with Crippen LogP contribution in [0.3, 0.4) is 0 Å². The summed E-state index contributed by atoms with van der Waals surface area (Å²) >= 11 is 0. The van der Waals surface area contributed by atoms with Crippen LogP contribution in [0.25, 0.3) is 0 Å². The van der Waals surface area contributed by atoms with Crippen LogP contribution in [0.5, 0.6) is 0 Å². The SMILES string of the molecule is Cc1cc(CN)nc(N2CC(O)C(O)C2)n1. The van der Waals surface area contributed by atoms with Crippen molar-refractivity contribution >= 4 is 5.95 Å². The molecule has 1 aromatic heterocycles. The first-order valence-corrected chi connectivity index (χ1v) is 5.26. The smallest absolute Gasteiger partial charge is 0.226 e. The summed E-state index contributed by atoms with van der Waals surface area (Å²) in [5.41, 5.74) is 7.13. The quantitative estimate of drug-likeness (QED) is 0.583. The lowest BCUT2D eigenvalue weighted by molar-refractivity contribution is 0.0572. The summed E-state index contributed by atoms with van der Waals surface area (Å²) in [5.74, 6) is 0.524. The monoisotopic (exact) mass is 224 g/mol. The second-order valence-electron chi connectivity index (χ2n) is 4.04. The zero-order valence-corrected chi connectivity index (χ0v) is 9.17. The number of aryl methyl sites for hydroxylation is 1. The Balaban J connectivity index is 2.24. The maximum absolute atomic E-state index is 9.45. The van der Waals surface area contributed by atoms with Crippen LogP contribution in [0.4, 0.5) is 5.95 Å². The second-order valence-corrected chi connectivity index (χ2v) is 4.04. The summed E-state index contributed by atoms with van der Waals surface area (Å²) in [6.45, 7) is 2.94. The molecule has 0 saturated carbocycles. The number of nitrogens with two attached hydrogens (primary N) is 1. The number of hydrogen-bond acceptors (Lipinski definition) is 6. The molecule has 16 heavy (non-hydrogen) atoms. The van der Waals surface area contributed by atoms with Crippen molar-refractivity contribution in [3.05, 3.63) is 17.5 Å². The van der Waals surface area contributed by atoms with E-state index in [-0.39, 0.29) is 0 Å². The van der Waals surface area contributed by atoms with Crippen molar-refractivity contribution in [1.29, 1.82) is 0 Å². The molecule has 0 aromatic carbocycles. The second kappa shape index (κ2) is 4.32. The van der Waals surface area contributed by atoms with Gasteiger partial charge in [-0.2, -0.15) is 0 Å². The molecule has 2 heterocycles. The Morgan fingerprint density at radius 1 is 1.38 bits per heavy atom. The molecule has 2 rings (SSSR count). The van der Waals surface area contributed by atoms with Crippen LogP contribution in [0, 0.1) is 6.92 Å². The molecule has 4 N–H and O–H groups in total. The maximum atomic E-state index is 9.45. The third-order valence-corrected chi connectivity index (χ3v) is 2.65. The van der Waals surface area contributed by atoms with E-state index in [1.807, 2.05) is 13.0 Å². The molecule has 1 aliphatic rings. The molecule has 1 saturated heterocycles. The fraction of sp³-hybridized carbons (Fsp3) is 0.600. The highest BCUT2D eigenvalue weighted by atomic mass is 16.3. The van der Waals surface area contributed by atoms with E-state index in [4.69, 9.17) is 5.73 Å². The van der Waals surface area contributed by atoms with Crippen molar-refractivity contribution < 1.29 is 10.2 Å². The van der Waals surface area contributed by atoms with Gasteiger partial charge in [-0.25, -0.2) is 9.97 Å². The summed E-state index contributed by atoms with van der Waals surface area (Å²) in [4.78, 5) is 10.3. The fourth-order valence-corrected chi connectivity index (χ4v) is 1.80. The zero-order chi connectivity index (χ0) is 11.7. The van der Waals surface area contributed by atoms with Crippen molar-refractivity contribution in [1.82, 2.24) is 9.97 Å². The van der Waals surface area contributed by atoms with Gasteiger partial charge in [0.1, 0.15) is 0 Å². The molecule has 1 aliphatic heterocycles. The number of rotatable bonds is 2. The summed E-state index contributed by atoms with van der Waals surface area (Å²) < 4.78 is 0. The van der Waals surface area contributed by atoms with Crippen molar-refractivity contribution in [2.45, 2.75) is 25.7 Å². The minimum Gasteiger partial charge on any atom is -0.388 e. The van der Waals surface area contributed by atoms with Crippen LogP contribution in [0.15, 0.2) is 6.07 Å². The molecule has 88 valence electrons. The minimum absolute atomic E-state index is 0.356. The molecule has 1 fully saturated rings. The number of aliphatic hydroxyl groups excluding tert-OH is 2. The van der Waals surface area contributed by atoms with Crippen LogP contribution in [-0.4, -0.2) is 45.5 Å². The molecule has 6 nitrogen and oxygen atoms in total. The lowest BCUT2D eigenvalue weighted by Gasteiger charge is -2.16. The van der Waals surface area contributed by atoms with Crippen LogP contribution >= 0.6 is 0 Å². The molecule has 0 amide bonds. The zero-order valence-electron chi connectivity index (χ0n) is 9.17. The Morgan fingerprint density at radius 2 is 2.00 bits per heavy atom. The van der Waals surface area contributed by atoms with Crippen molar-refractivity contribution in [3.63, 3.8) is 0 Å². The molecule has 0 spiro atoms. The van der Waals surface area contributed by atoms with Gasteiger partial charge in [0.25, 0.3) is 0 Å². The Labute approximate surface area is 93.7 Å². The van der Waals surface area contributed by atoms with E-state index in [1.165, 1.54) is 0 Å². The van der Waals surface area contributed by atoms with Crippen LogP contribution in [0.2, 0.25) is 0 Å². The normalized spacial score (nSPS) is 25.1. The number of nitrogens with zero attached hydrogens (tertiary/aromatic N) is 3. The standard InChI is InChI=1S/C10H16N4O2/c1-6-2-7(3-11)13-10(12-6)14-4-8(15)9(16)5-14/h2,8-9,15-16H,3-5,11H2,1H3. The Morgan fingerprint density at radius 3 is 2.56 bits per heavy atom. The van der Waals surface area contributed by atoms with Crippen molar-refractivity contribution in [3.8, 4) is 0 Å². The molecule has 0 bridgehead atoms. The van der Waals surface area contributed by atoms with Gasteiger partial charge in [-0.15, -0.1) is 0 Å². The van der Waals surface area contributed by atoms with Gasteiger partial charge in [0.2, 0.25) is 5.95 Å². The van der Waals surface area contributed by atoms with E-state index < -0.39 is 12.2 Å². The predicted molar refractivity (Wildman–Crippen MR) is 58.9 cm³/mol. The van der Waals surface area contributed by atoms with Crippen LogP contribution in [-0.2, 0) is 6.54 Å². The van der Waals surface area contributed by atoms with E-state index in [1.54, 1.807) is 4.90 Å². The molecule has 2 atom stereocenters. The number of aromatic nitrogens is 2. The van der Waals surface area contributed by atoms with Gasteiger partial charge in [0.15, 0.2) is 0 Å². The highest BCUT2D eigenvalue weighted by Gasteiger charge is 2.31. The summed E-state index contributed by atoms with van der Waals surface area (Å²) in [6, 6.07) is 1.83. The van der Waals surface area contributed by atoms with E-state index in [0.29, 0.717) is 25.6 Å². The topological polar surface area (TPSA) is 95.5 Å². The average molecular weight is 224 g/mol. The summed E-state index contributed by atoms with van der Waals surface area (Å²) in [7, 11) is 0. The van der Waals surface area contributed by atoms with E-state index >= 15 is 0 Å². The van der Waals surface area contributed by atoms with Crippen molar-refractivity contribution in [2.75, 3.05) is 18.0 Å². The minimum atomic E-state index is -0.731. The molecule has 2 unspecified atom stereocenters. The fourth-order valence-electron chi connectivity index (χ4n) is 1.80. The van der Waals surface area contributed by atoms with Gasteiger partial charge in [-0.05, 0) is 13.0 Å². The summed E-state index contributed by atoms with van der Waals surface area (Å²) in [5, 5.41) is 18.9. The van der Waals surface area contributed by atoms with Gasteiger partial charge in [-0.3, -0.25) is 0 Å². The molecular formula is C10H16N4O2. The Bertz CT molecular complexity index is 375. The van der Waals surface area contributed by atoms with E-state index in [2.05, 4.69) is 9.97 Å². The van der Waals surface area contributed by atoms with Crippen LogP contribution < -0.4 is 10.6 Å². The first-order valence-electron chi connectivity index (χ1n) is 5.26. The predicted octanol–water partition coefficient (Wildman–Crippen LogP) is -1.21. The molecular weight excluding hydrogens is 208 g/mol. The van der Waals surface area contributed by atoms with E-state index in [9.17, 15) is 10.2 Å². The lowest BCUT2D eigenvalue weighted by atomic mass is 10.3. The van der Waals surface area contributed by atoms with Gasteiger partial charge in [-0.1, -0.05) is 0 Å². The first-order chi connectivity index (χ1) is 7.60.